The number of methoxy groups -OCH3 is 1. The fourth-order valence-corrected chi connectivity index (χ4v) is 2.61. The smallest absolute Gasteiger partial charge is 0.322 e. The number of aliphatic hydroxyl groups excluding tert-OH is 1. The van der Waals surface area contributed by atoms with Gasteiger partial charge in [-0.3, -0.25) is 0 Å². The lowest BCUT2D eigenvalue weighted by atomic mass is 9.85. The van der Waals surface area contributed by atoms with E-state index in [4.69, 9.17) is 4.74 Å². The van der Waals surface area contributed by atoms with E-state index in [2.05, 4.69) is 32.5 Å². The Bertz CT molecular complexity index is 443. The highest BCUT2D eigenvalue weighted by molar-refractivity contribution is 5.36. The molecule has 0 spiro atoms. The van der Waals surface area contributed by atoms with Crippen LogP contribution in [0.2, 0.25) is 0 Å². The highest BCUT2D eigenvalue weighted by Gasteiger charge is 2.25. The molecule has 0 bridgehead atoms. The van der Waals surface area contributed by atoms with Gasteiger partial charge in [0.25, 0.3) is 0 Å². The molecule has 1 aromatic heterocycles. The third-order valence-corrected chi connectivity index (χ3v) is 3.79. The van der Waals surface area contributed by atoms with Crippen LogP contribution in [-0.4, -0.2) is 46.4 Å². The van der Waals surface area contributed by atoms with Gasteiger partial charge in [-0.15, -0.1) is 0 Å². The second-order valence-electron chi connectivity index (χ2n) is 5.37. The fraction of sp³-hybridized carbons (Fsp3) is 0.786. The average molecular weight is 295 g/mol. The van der Waals surface area contributed by atoms with E-state index in [0.29, 0.717) is 17.9 Å². The van der Waals surface area contributed by atoms with Crippen LogP contribution in [0.25, 0.3) is 0 Å². The maximum atomic E-state index is 9.48. The van der Waals surface area contributed by atoms with Gasteiger partial charge in [-0.1, -0.05) is 19.8 Å². The summed E-state index contributed by atoms with van der Waals surface area (Å²) in [6.45, 7) is 3.08. The number of anilines is 2. The normalized spacial score (nSPS) is 21.9. The second kappa shape index (κ2) is 7.97. The topological polar surface area (TPSA) is 92.2 Å². The van der Waals surface area contributed by atoms with Crippen LogP contribution < -0.4 is 15.4 Å². The zero-order valence-electron chi connectivity index (χ0n) is 12.8. The van der Waals surface area contributed by atoms with Gasteiger partial charge < -0.3 is 20.5 Å². The predicted octanol–water partition coefficient (Wildman–Crippen LogP) is 1.67. The van der Waals surface area contributed by atoms with E-state index in [1.54, 1.807) is 7.11 Å². The van der Waals surface area contributed by atoms with Crippen LogP contribution in [0.1, 0.15) is 39.0 Å². The quantitative estimate of drug-likeness (QED) is 0.704. The molecule has 7 nitrogen and oxygen atoms in total. The Morgan fingerprint density at radius 1 is 1.19 bits per heavy atom. The van der Waals surface area contributed by atoms with Crippen LogP contribution in [0.3, 0.4) is 0 Å². The molecule has 1 aliphatic rings. The summed E-state index contributed by atoms with van der Waals surface area (Å²) in [4.78, 5) is 12.8. The number of aromatic nitrogens is 3. The van der Waals surface area contributed by atoms with Crippen molar-refractivity contribution in [1.29, 1.82) is 0 Å². The molecule has 1 heterocycles. The molecule has 2 rings (SSSR count). The van der Waals surface area contributed by atoms with Crippen LogP contribution in [0.5, 0.6) is 6.01 Å². The lowest BCUT2D eigenvalue weighted by Crippen LogP contribution is -2.35. The van der Waals surface area contributed by atoms with Crippen molar-refractivity contribution in [2.24, 2.45) is 5.92 Å². The molecule has 0 aromatic carbocycles. The molecular weight excluding hydrogens is 270 g/mol. The first kappa shape index (κ1) is 15.8. The third-order valence-electron chi connectivity index (χ3n) is 3.79. The van der Waals surface area contributed by atoms with Crippen LogP contribution in [0.4, 0.5) is 11.9 Å². The van der Waals surface area contributed by atoms with Crippen molar-refractivity contribution in [2.45, 2.75) is 45.1 Å². The molecule has 0 radical (unpaired) electrons. The summed E-state index contributed by atoms with van der Waals surface area (Å²) in [6.07, 6.45) is 5.39. The fourth-order valence-electron chi connectivity index (χ4n) is 2.61. The zero-order chi connectivity index (χ0) is 15.1. The molecule has 1 fully saturated rings. The minimum absolute atomic E-state index is 0.195. The molecular formula is C14H25N5O2. The van der Waals surface area contributed by atoms with Gasteiger partial charge in [0.05, 0.1) is 7.11 Å². The molecule has 21 heavy (non-hydrogen) atoms. The van der Waals surface area contributed by atoms with Gasteiger partial charge in [0.1, 0.15) is 0 Å². The van der Waals surface area contributed by atoms with E-state index in [1.807, 2.05) is 0 Å². The number of nitrogens with one attached hydrogen (secondary N) is 2. The second-order valence-corrected chi connectivity index (χ2v) is 5.37. The number of rotatable bonds is 7. The third kappa shape index (κ3) is 4.42. The highest BCUT2D eigenvalue weighted by atomic mass is 16.5. The van der Waals surface area contributed by atoms with Gasteiger partial charge >= 0.3 is 6.01 Å². The minimum atomic E-state index is 0.195. The summed E-state index contributed by atoms with van der Waals surface area (Å²) < 4.78 is 5.13. The number of nitrogens with zero attached hydrogens (tertiary/aromatic N) is 3. The number of aliphatic hydroxyl groups is 1. The molecule has 7 heteroatoms. The minimum Gasteiger partial charge on any atom is -0.467 e. The highest BCUT2D eigenvalue weighted by Crippen LogP contribution is 2.26. The molecule has 2 unspecified atom stereocenters. The molecule has 0 aliphatic heterocycles. The van der Waals surface area contributed by atoms with E-state index >= 15 is 0 Å². The average Bonchev–Trinajstić information content (AvgIpc) is 2.53. The van der Waals surface area contributed by atoms with Gasteiger partial charge in [0.15, 0.2) is 0 Å². The first-order valence-corrected chi connectivity index (χ1v) is 7.68. The summed E-state index contributed by atoms with van der Waals surface area (Å²) in [7, 11) is 1.54. The van der Waals surface area contributed by atoms with E-state index in [-0.39, 0.29) is 18.6 Å². The Kier molecular flexibility index (Phi) is 5.98. The summed E-state index contributed by atoms with van der Waals surface area (Å²) >= 11 is 0. The maximum absolute atomic E-state index is 9.48. The predicted molar refractivity (Wildman–Crippen MR) is 81.6 cm³/mol. The molecule has 2 atom stereocenters. The van der Waals surface area contributed by atoms with Crippen LogP contribution in [0.15, 0.2) is 0 Å². The molecule has 0 amide bonds. The van der Waals surface area contributed by atoms with Gasteiger partial charge in [-0.2, -0.15) is 15.0 Å². The molecule has 1 saturated carbocycles. The Balaban J connectivity index is 2.10. The van der Waals surface area contributed by atoms with Crippen LogP contribution in [-0.2, 0) is 0 Å². The van der Waals surface area contributed by atoms with Crippen molar-refractivity contribution < 1.29 is 9.84 Å². The summed E-state index contributed by atoms with van der Waals surface area (Å²) in [6, 6.07) is 0.498. The van der Waals surface area contributed by atoms with Crippen molar-refractivity contribution in [2.75, 3.05) is 30.9 Å². The summed E-state index contributed by atoms with van der Waals surface area (Å²) in [5.74, 6) is 1.28. The molecule has 0 saturated heterocycles. The van der Waals surface area contributed by atoms with Crippen molar-refractivity contribution in [1.82, 2.24) is 15.0 Å². The van der Waals surface area contributed by atoms with Crippen LogP contribution in [0, 0.1) is 5.92 Å². The number of ether oxygens (including phenoxy) is 1. The first-order chi connectivity index (χ1) is 10.3. The monoisotopic (exact) mass is 295 g/mol. The van der Waals surface area contributed by atoms with E-state index in [0.717, 1.165) is 32.2 Å². The zero-order valence-corrected chi connectivity index (χ0v) is 12.8. The Labute approximate surface area is 125 Å². The number of hydrogen-bond donors (Lipinski definition) is 3. The Morgan fingerprint density at radius 2 is 1.95 bits per heavy atom. The SMILES string of the molecule is CCCNc1nc(NC2CCCCC2CO)nc(OC)n1. The van der Waals surface area contributed by atoms with Crippen LogP contribution >= 0.6 is 0 Å². The van der Waals surface area contributed by atoms with E-state index in [1.165, 1.54) is 6.42 Å². The largest absolute Gasteiger partial charge is 0.467 e. The van der Waals surface area contributed by atoms with E-state index < -0.39 is 0 Å². The van der Waals surface area contributed by atoms with Crippen molar-refractivity contribution >= 4 is 11.9 Å². The van der Waals surface area contributed by atoms with Crippen molar-refractivity contribution in [3.8, 4) is 6.01 Å². The lowest BCUT2D eigenvalue weighted by Gasteiger charge is -2.30. The number of hydrogen-bond acceptors (Lipinski definition) is 7. The Morgan fingerprint density at radius 3 is 2.67 bits per heavy atom. The standard InChI is InChI=1S/C14H25N5O2/c1-3-8-15-12-17-13(19-14(18-12)21-2)16-11-7-5-4-6-10(11)9-20/h10-11,20H,3-9H2,1-2H3,(H2,15,16,17,18,19). The van der Waals surface area contributed by atoms with Gasteiger partial charge in [-0.05, 0) is 19.3 Å². The molecule has 1 aromatic rings. The molecule has 118 valence electrons. The lowest BCUT2D eigenvalue weighted by molar-refractivity contribution is 0.178. The first-order valence-electron chi connectivity index (χ1n) is 7.68. The summed E-state index contributed by atoms with van der Waals surface area (Å²) in [5, 5.41) is 16.0. The van der Waals surface area contributed by atoms with Gasteiger partial charge in [-0.25, -0.2) is 0 Å². The molecule has 3 N–H and O–H groups in total. The van der Waals surface area contributed by atoms with Crippen molar-refractivity contribution in [3.05, 3.63) is 0 Å². The summed E-state index contributed by atoms with van der Waals surface area (Å²) in [5.41, 5.74) is 0. The van der Waals surface area contributed by atoms with Gasteiger partial charge in [0, 0.05) is 25.1 Å². The van der Waals surface area contributed by atoms with Crippen molar-refractivity contribution in [3.63, 3.8) is 0 Å². The Hall–Kier alpha value is -1.63. The van der Waals surface area contributed by atoms with Gasteiger partial charge in [0.2, 0.25) is 11.9 Å². The maximum Gasteiger partial charge on any atom is 0.322 e. The molecule has 1 aliphatic carbocycles. The van der Waals surface area contributed by atoms with E-state index in [9.17, 15) is 5.11 Å².